The Morgan fingerprint density at radius 2 is 1.93 bits per heavy atom. The molecule has 1 aromatic carbocycles. The molecule has 0 saturated carbocycles. The third kappa shape index (κ3) is 3.45. The van der Waals surface area contributed by atoms with Gasteiger partial charge in [0.25, 0.3) is 5.95 Å². The van der Waals surface area contributed by atoms with Crippen molar-refractivity contribution in [3.8, 4) is 5.95 Å². The third-order valence-corrected chi connectivity index (χ3v) is 5.42. The van der Waals surface area contributed by atoms with Crippen LogP contribution in [0.4, 0.5) is 17.3 Å². The first-order valence-electron chi connectivity index (χ1n) is 9.31. The fourth-order valence-corrected chi connectivity index (χ4v) is 3.68. The van der Waals surface area contributed by atoms with Crippen LogP contribution in [-0.2, 0) is 4.74 Å². The standard InChI is InChI=1S/C20H19ClN6O2/c1-13(28)16-6-7-27(25-16)19-23-17(22-15-4-2-14(21)3-5-15)8-18(24-19)26-9-20(10-26)11-29-12-20/h2-8H,9-12H2,1H3,(H,22,23,24). The first kappa shape index (κ1) is 18.1. The lowest BCUT2D eigenvalue weighted by atomic mass is 9.78. The van der Waals surface area contributed by atoms with Gasteiger partial charge >= 0.3 is 0 Å². The number of nitrogens with one attached hydrogen (secondary N) is 1. The molecule has 8 nitrogen and oxygen atoms in total. The van der Waals surface area contributed by atoms with E-state index in [-0.39, 0.29) is 11.2 Å². The summed E-state index contributed by atoms with van der Waals surface area (Å²) in [5.74, 6) is 1.74. The van der Waals surface area contributed by atoms with E-state index < -0.39 is 0 Å². The molecular formula is C20H19ClN6O2. The summed E-state index contributed by atoms with van der Waals surface area (Å²) in [5, 5.41) is 8.26. The number of hydrogen-bond acceptors (Lipinski definition) is 7. The van der Waals surface area contributed by atoms with Crippen molar-refractivity contribution in [2.75, 3.05) is 36.5 Å². The minimum Gasteiger partial charge on any atom is -0.380 e. The summed E-state index contributed by atoms with van der Waals surface area (Å²) in [5.41, 5.74) is 1.51. The normalized spacial score (nSPS) is 17.0. The lowest BCUT2D eigenvalue weighted by Crippen LogP contribution is -2.66. The van der Waals surface area contributed by atoms with Crippen molar-refractivity contribution in [1.82, 2.24) is 19.7 Å². The number of carbonyl (C=O) groups excluding carboxylic acids is 1. The SMILES string of the molecule is CC(=O)c1ccn(-c2nc(Nc3ccc(Cl)cc3)cc(N3CC4(COC4)C3)n2)n1. The number of rotatable bonds is 5. The van der Waals surface area contributed by atoms with Crippen LogP contribution in [0.2, 0.25) is 5.02 Å². The van der Waals surface area contributed by atoms with Crippen LogP contribution in [0.1, 0.15) is 17.4 Å². The summed E-state index contributed by atoms with van der Waals surface area (Å²) in [4.78, 5) is 23.1. The maximum absolute atomic E-state index is 11.6. The van der Waals surface area contributed by atoms with E-state index in [9.17, 15) is 4.79 Å². The molecule has 0 radical (unpaired) electrons. The maximum atomic E-state index is 11.6. The molecule has 0 atom stereocenters. The molecule has 0 aliphatic carbocycles. The van der Waals surface area contributed by atoms with Crippen LogP contribution in [-0.4, -0.2) is 51.8 Å². The molecule has 0 bridgehead atoms. The third-order valence-electron chi connectivity index (χ3n) is 5.17. The van der Waals surface area contributed by atoms with Crippen LogP contribution in [0.3, 0.4) is 0 Å². The molecule has 9 heteroatoms. The van der Waals surface area contributed by atoms with Crippen LogP contribution in [0, 0.1) is 5.41 Å². The monoisotopic (exact) mass is 410 g/mol. The molecule has 4 heterocycles. The molecule has 3 aromatic rings. The Bertz CT molecular complexity index is 1070. The number of ether oxygens (including phenoxy) is 1. The molecule has 148 valence electrons. The number of benzene rings is 1. The van der Waals surface area contributed by atoms with Gasteiger partial charge in [-0.15, -0.1) is 0 Å². The number of Topliss-reactive ketones (excluding diaryl/α,β-unsaturated/α-hetero) is 1. The molecule has 2 aliphatic heterocycles. The Hall–Kier alpha value is -2.97. The topological polar surface area (TPSA) is 85.2 Å². The van der Waals surface area contributed by atoms with E-state index >= 15 is 0 Å². The van der Waals surface area contributed by atoms with Crippen LogP contribution >= 0.6 is 11.6 Å². The van der Waals surface area contributed by atoms with Crippen LogP contribution < -0.4 is 10.2 Å². The second kappa shape index (κ2) is 6.82. The Balaban J connectivity index is 1.48. The van der Waals surface area contributed by atoms with Crippen molar-refractivity contribution in [1.29, 1.82) is 0 Å². The molecule has 2 aliphatic rings. The number of carbonyl (C=O) groups is 1. The molecule has 29 heavy (non-hydrogen) atoms. The molecule has 2 saturated heterocycles. The average molecular weight is 411 g/mol. The highest BCUT2D eigenvalue weighted by atomic mass is 35.5. The number of nitrogens with zero attached hydrogens (tertiary/aromatic N) is 5. The fourth-order valence-electron chi connectivity index (χ4n) is 3.55. The molecule has 5 rings (SSSR count). The highest BCUT2D eigenvalue weighted by molar-refractivity contribution is 6.30. The van der Waals surface area contributed by atoms with E-state index in [4.69, 9.17) is 16.3 Å². The number of ketones is 1. The summed E-state index contributed by atoms with van der Waals surface area (Å²) in [7, 11) is 0. The highest BCUT2D eigenvalue weighted by Crippen LogP contribution is 2.40. The Kier molecular flexibility index (Phi) is 4.25. The van der Waals surface area contributed by atoms with Crippen molar-refractivity contribution < 1.29 is 9.53 Å². The van der Waals surface area contributed by atoms with Crippen molar-refractivity contribution in [3.63, 3.8) is 0 Å². The Labute approximate surface area is 172 Å². The first-order chi connectivity index (χ1) is 14.0. The van der Waals surface area contributed by atoms with Gasteiger partial charge in [0.2, 0.25) is 0 Å². The zero-order chi connectivity index (χ0) is 20.0. The predicted octanol–water partition coefficient (Wildman–Crippen LogP) is 3.10. The maximum Gasteiger partial charge on any atom is 0.254 e. The van der Waals surface area contributed by atoms with Crippen molar-refractivity contribution >= 4 is 34.7 Å². The summed E-state index contributed by atoms with van der Waals surface area (Å²) in [6.07, 6.45) is 1.69. The van der Waals surface area contributed by atoms with Gasteiger partial charge in [-0.3, -0.25) is 4.79 Å². The van der Waals surface area contributed by atoms with Gasteiger partial charge in [-0.1, -0.05) is 11.6 Å². The Morgan fingerprint density at radius 3 is 2.55 bits per heavy atom. The van der Waals surface area contributed by atoms with E-state index in [1.54, 1.807) is 12.3 Å². The van der Waals surface area contributed by atoms with Crippen LogP contribution in [0.5, 0.6) is 0 Å². The van der Waals surface area contributed by atoms with E-state index in [1.807, 2.05) is 30.3 Å². The van der Waals surface area contributed by atoms with Gasteiger partial charge in [0.15, 0.2) is 5.78 Å². The fraction of sp³-hybridized carbons (Fsp3) is 0.300. The summed E-state index contributed by atoms with van der Waals surface area (Å²) in [6, 6.07) is 11.0. The quantitative estimate of drug-likeness (QED) is 0.647. The number of anilines is 3. The van der Waals surface area contributed by atoms with E-state index in [1.165, 1.54) is 11.6 Å². The molecule has 1 N–H and O–H groups in total. The molecule has 0 amide bonds. The summed E-state index contributed by atoms with van der Waals surface area (Å²) in [6.45, 7) is 4.90. The number of aromatic nitrogens is 4. The van der Waals surface area contributed by atoms with Crippen LogP contribution in [0.25, 0.3) is 5.95 Å². The lowest BCUT2D eigenvalue weighted by molar-refractivity contribution is -0.127. The summed E-state index contributed by atoms with van der Waals surface area (Å²) >= 11 is 5.98. The number of halogens is 1. The molecular weight excluding hydrogens is 392 g/mol. The highest BCUT2D eigenvalue weighted by Gasteiger charge is 2.49. The second-order valence-electron chi connectivity index (χ2n) is 7.59. The summed E-state index contributed by atoms with van der Waals surface area (Å²) < 4.78 is 6.89. The van der Waals surface area contributed by atoms with Crippen molar-refractivity contribution in [2.24, 2.45) is 5.41 Å². The van der Waals surface area contributed by atoms with Gasteiger partial charge in [-0.05, 0) is 30.3 Å². The first-order valence-corrected chi connectivity index (χ1v) is 9.69. The van der Waals surface area contributed by atoms with Crippen LogP contribution in [0.15, 0.2) is 42.6 Å². The van der Waals surface area contributed by atoms with Gasteiger partial charge in [-0.2, -0.15) is 15.1 Å². The smallest absolute Gasteiger partial charge is 0.254 e. The zero-order valence-corrected chi connectivity index (χ0v) is 16.6. The molecule has 1 spiro atoms. The molecule has 2 fully saturated rings. The minimum absolute atomic E-state index is 0.103. The van der Waals surface area contributed by atoms with Gasteiger partial charge < -0.3 is 15.0 Å². The molecule has 2 aromatic heterocycles. The van der Waals surface area contributed by atoms with Gasteiger partial charge in [0.1, 0.15) is 17.3 Å². The van der Waals surface area contributed by atoms with Gasteiger partial charge in [-0.25, -0.2) is 4.68 Å². The second-order valence-corrected chi connectivity index (χ2v) is 8.03. The van der Waals surface area contributed by atoms with Crippen molar-refractivity contribution in [2.45, 2.75) is 6.92 Å². The van der Waals surface area contributed by atoms with Gasteiger partial charge in [0.05, 0.1) is 18.6 Å². The Morgan fingerprint density at radius 1 is 1.17 bits per heavy atom. The largest absolute Gasteiger partial charge is 0.380 e. The minimum atomic E-state index is -0.103. The zero-order valence-electron chi connectivity index (χ0n) is 15.8. The number of hydrogen-bond donors (Lipinski definition) is 1. The van der Waals surface area contributed by atoms with Crippen molar-refractivity contribution in [3.05, 3.63) is 53.3 Å². The predicted molar refractivity (Wildman–Crippen MR) is 109 cm³/mol. The average Bonchev–Trinajstić information content (AvgIpc) is 3.12. The van der Waals surface area contributed by atoms with E-state index in [0.29, 0.717) is 22.5 Å². The van der Waals surface area contributed by atoms with E-state index in [0.717, 1.165) is 37.8 Å². The lowest BCUT2D eigenvalue weighted by Gasteiger charge is -2.55. The van der Waals surface area contributed by atoms with E-state index in [2.05, 4.69) is 25.3 Å². The molecule has 0 unspecified atom stereocenters. The van der Waals surface area contributed by atoms with Gasteiger partial charge in [0, 0.05) is 43.0 Å².